The lowest BCUT2D eigenvalue weighted by molar-refractivity contribution is 0.632. The minimum atomic E-state index is 0.957. The molecule has 0 aliphatic rings. The molecule has 0 heterocycles. The first-order valence-corrected chi connectivity index (χ1v) is 6.68. The maximum Gasteiger partial charge on any atom is 0.0629 e. The number of para-hydroxylation sites is 2. The number of nitrogens with one attached hydrogen (secondary N) is 1. The summed E-state index contributed by atoms with van der Waals surface area (Å²) < 4.78 is 6.47. The first kappa shape index (κ1) is 16.7. The number of allylic oxidation sites excluding steroid dienone is 3. The number of hydrogen-bond acceptors (Lipinski definition) is 3. The third-order valence-corrected chi connectivity index (χ3v) is 2.41. The van der Waals surface area contributed by atoms with Crippen LogP contribution in [0, 0.1) is 0 Å². The lowest BCUT2D eigenvalue weighted by Crippen LogP contribution is -1.84. The fourth-order valence-corrected chi connectivity index (χ4v) is 1.49. The fourth-order valence-electron chi connectivity index (χ4n) is 1.49. The molecular weight excluding hydrogens is 284 g/mol. The second-order valence-electron chi connectivity index (χ2n) is 3.87. The van der Waals surface area contributed by atoms with Crippen LogP contribution >= 0.6 is 11.9 Å². The van der Waals surface area contributed by atoms with Gasteiger partial charge >= 0.3 is 0 Å². The molecule has 0 spiro atoms. The Balaban J connectivity index is 0.00000106. The average molecular weight is 301 g/mol. The summed E-state index contributed by atoms with van der Waals surface area (Å²) in [5.41, 5.74) is 2.03. The summed E-state index contributed by atoms with van der Waals surface area (Å²) >= 11 is 3.64. The molecule has 0 saturated heterocycles. The summed E-state index contributed by atoms with van der Waals surface area (Å²) in [4.78, 5) is 4.30. The van der Waals surface area contributed by atoms with Crippen LogP contribution in [0.3, 0.4) is 0 Å². The number of aliphatic imine (C=N–C) groups is 1. The number of halogens is 1. The monoisotopic (exact) mass is 300 g/mol. The summed E-state index contributed by atoms with van der Waals surface area (Å²) in [5.74, 6) is 0. The van der Waals surface area contributed by atoms with E-state index in [1.165, 1.54) is 0 Å². The Morgan fingerprint density at radius 2 is 1.43 bits per heavy atom. The molecule has 21 heavy (non-hydrogen) atoms. The molecule has 0 amide bonds. The second-order valence-corrected chi connectivity index (χ2v) is 3.87. The van der Waals surface area contributed by atoms with Gasteiger partial charge in [-0.25, -0.2) is 0 Å². The van der Waals surface area contributed by atoms with E-state index in [1.54, 1.807) is 6.21 Å². The number of rotatable bonds is 5. The molecule has 0 fully saturated rings. The Labute approximate surface area is 130 Å². The van der Waals surface area contributed by atoms with Crippen molar-refractivity contribution < 1.29 is 4.66 Å². The largest absolute Gasteiger partial charge is 0.362 e. The summed E-state index contributed by atoms with van der Waals surface area (Å²) in [6.45, 7) is 0. The normalized spacial score (nSPS) is 10.8. The minimum absolute atomic E-state index is 0.957. The van der Waals surface area contributed by atoms with Gasteiger partial charge in [-0.05, 0) is 36.4 Å². The maximum atomic E-state index is 6.47. The lowest BCUT2D eigenvalue weighted by Gasteiger charge is -1.97. The van der Waals surface area contributed by atoms with E-state index in [4.69, 9.17) is 4.66 Å². The Morgan fingerprint density at radius 3 is 2.10 bits per heavy atom. The summed E-state index contributed by atoms with van der Waals surface area (Å²) in [6.07, 6.45) is 9.44. The molecule has 0 bridgehead atoms. The van der Waals surface area contributed by atoms with E-state index in [0.717, 1.165) is 11.4 Å². The van der Waals surface area contributed by atoms with Crippen molar-refractivity contribution in [2.45, 2.75) is 0 Å². The zero-order chi connectivity index (χ0) is 15.2. The molecule has 0 aromatic heterocycles. The third-order valence-electron chi connectivity index (χ3n) is 2.41. The van der Waals surface area contributed by atoms with Crippen molar-refractivity contribution in [2.75, 3.05) is 5.32 Å². The molecule has 2 rings (SSSR count). The van der Waals surface area contributed by atoms with Gasteiger partial charge in [-0.2, -0.15) is 0 Å². The van der Waals surface area contributed by atoms with Crippen LogP contribution in [0.25, 0.3) is 0 Å². The highest BCUT2D eigenvalue weighted by molar-refractivity contribution is 6.04. The van der Waals surface area contributed by atoms with Crippen LogP contribution in [0.4, 0.5) is 11.4 Å². The number of benzene rings is 2. The molecule has 0 atom stereocenters. The SMILES string of the molecule is C(=CC=Nc1ccccc1)C=CNc1ccccc1.OCl. The van der Waals surface area contributed by atoms with Crippen LogP contribution in [0.2, 0.25) is 0 Å². The van der Waals surface area contributed by atoms with Gasteiger partial charge < -0.3 is 5.32 Å². The van der Waals surface area contributed by atoms with E-state index in [1.807, 2.05) is 85.1 Å². The Hall–Kier alpha value is -2.36. The molecule has 3 nitrogen and oxygen atoms in total. The van der Waals surface area contributed by atoms with Gasteiger partial charge in [-0.15, -0.1) is 0 Å². The van der Waals surface area contributed by atoms with Gasteiger partial charge in [0.1, 0.15) is 0 Å². The van der Waals surface area contributed by atoms with Gasteiger partial charge in [-0.3, -0.25) is 9.65 Å². The highest BCUT2D eigenvalue weighted by Crippen LogP contribution is 2.08. The quantitative estimate of drug-likeness (QED) is 0.621. The Bertz CT molecular complexity index is 566. The molecule has 0 aliphatic carbocycles. The van der Waals surface area contributed by atoms with Gasteiger partial charge in [-0.1, -0.05) is 42.5 Å². The zero-order valence-corrected chi connectivity index (χ0v) is 12.2. The standard InChI is InChI=1S/C17H16N2.ClHO/c1-4-10-16(11-5-1)18-14-8-3-9-15-19-17-12-6-2-7-13-17;1-2/h1-15,18H;2H. The predicted molar refractivity (Wildman–Crippen MR) is 91.0 cm³/mol. The topological polar surface area (TPSA) is 44.6 Å². The molecule has 0 unspecified atom stereocenters. The van der Waals surface area contributed by atoms with Gasteiger partial charge in [0.15, 0.2) is 0 Å². The van der Waals surface area contributed by atoms with Crippen molar-refractivity contribution in [3.8, 4) is 0 Å². The molecule has 108 valence electrons. The molecule has 0 radical (unpaired) electrons. The molecule has 0 saturated carbocycles. The minimum Gasteiger partial charge on any atom is -0.362 e. The smallest absolute Gasteiger partial charge is 0.0629 e. The first-order chi connectivity index (χ1) is 10.4. The van der Waals surface area contributed by atoms with Crippen LogP contribution in [-0.2, 0) is 0 Å². The van der Waals surface area contributed by atoms with E-state index < -0.39 is 0 Å². The van der Waals surface area contributed by atoms with Crippen molar-refractivity contribution >= 4 is 29.5 Å². The molecular formula is C17H17ClN2O. The molecule has 2 aromatic rings. The lowest BCUT2D eigenvalue weighted by atomic mass is 10.3. The van der Waals surface area contributed by atoms with Crippen molar-refractivity contribution in [3.05, 3.63) is 85.1 Å². The van der Waals surface area contributed by atoms with Crippen LogP contribution in [0.1, 0.15) is 0 Å². The summed E-state index contributed by atoms with van der Waals surface area (Å²) in [6, 6.07) is 19.9. The van der Waals surface area contributed by atoms with E-state index in [9.17, 15) is 0 Å². The predicted octanol–water partition coefficient (Wildman–Crippen LogP) is 4.70. The molecule has 0 aliphatic heterocycles. The maximum absolute atomic E-state index is 6.47. The second kappa shape index (κ2) is 11.5. The molecule has 2 N–H and O–H groups in total. The van der Waals surface area contributed by atoms with Crippen molar-refractivity contribution in [1.82, 2.24) is 0 Å². The van der Waals surface area contributed by atoms with E-state index in [0.29, 0.717) is 0 Å². The number of nitrogens with zero attached hydrogens (tertiary/aromatic N) is 1. The van der Waals surface area contributed by atoms with Crippen LogP contribution in [0.5, 0.6) is 0 Å². The van der Waals surface area contributed by atoms with Gasteiger partial charge in [0, 0.05) is 18.1 Å². The van der Waals surface area contributed by atoms with E-state index in [2.05, 4.69) is 22.2 Å². The van der Waals surface area contributed by atoms with Crippen molar-refractivity contribution in [1.29, 1.82) is 0 Å². The highest BCUT2D eigenvalue weighted by Gasteiger charge is 1.82. The van der Waals surface area contributed by atoms with E-state index in [-0.39, 0.29) is 0 Å². The van der Waals surface area contributed by atoms with Crippen molar-refractivity contribution in [2.24, 2.45) is 4.99 Å². The molecule has 2 aromatic carbocycles. The van der Waals surface area contributed by atoms with Crippen LogP contribution in [-0.4, -0.2) is 10.9 Å². The van der Waals surface area contributed by atoms with Crippen molar-refractivity contribution in [3.63, 3.8) is 0 Å². The Kier molecular flexibility index (Phi) is 9.11. The van der Waals surface area contributed by atoms with E-state index >= 15 is 0 Å². The number of anilines is 1. The first-order valence-electron chi connectivity index (χ1n) is 6.34. The van der Waals surface area contributed by atoms with Crippen LogP contribution < -0.4 is 5.32 Å². The number of hydrogen-bond donors (Lipinski definition) is 2. The van der Waals surface area contributed by atoms with Gasteiger partial charge in [0.25, 0.3) is 0 Å². The van der Waals surface area contributed by atoms with Crippen LogP contribution in [0.15, 0.2) is 90.1 Å². The van der Waals surface area contributed by atoms with Gasteiger partial charge in [0.05, 0.1) is 17.6 Å². The molecule has 4 heteroatoms. The fraction of sp³-hybridized carbons (Fsp3) is 0. The summed E-state index contributed by atoms with van der Waals surface area (Å²) in [5, 5.41) is 3.18. The van der Waals surface area contributed by atoms with Gasteiger partial charge in [0.2, 0.25) is 0 Å². The zero-order valence-electron chi connectivity index (χ0n) is 11.4. The third kappa shape index (κ3) is 7.72. The average Bonchev–Trinajstić information content (AvgIpc) is 2.58. The Morgan fingerprint density at radius 1 is 0.810 bits per heavy atom. The highest BCUT2D eigenvalue weighted by atomic mass is 35.5. The summed E-state index contributed by atoms with van der Waals surface area (Å²) in [7, 11) is 0.